The van der Waals surface area contributed by atoms with Crippen LogP contribution in [0.3, 0.4) is 0 Å². The number of benzene rings is 1. The average molecular weight is 264 g/mol. The summed E-state index contributed by atoms with van der Waals surface area (Å²) in [5.41, 5.74) is 8.04. The third-order valence-electron chi connectivity index (χ3n) is 2.74. The van der Waals surface area contributed by atoms with E-state index in [0.717, 1.165) is 5.56 Å². The van der Waals surface area contributed by atoms with Gasteiger partial charge in [0.15, 0.2) is 0 Å². The summed E-state index contributed by atoms with van der Waals surface area (Å²) < 4.78 is 20.8. The minimum atomic E-state index is 0.219. The van der Waals surface area contributed by atoms with Crippen molar-refractivity contribution in [2.45, 2.75) is 6.61 Å². The molecule has 1 aromatic heterocycles. The second-order valence-electron chi connectivity index (χ2n) is 3.91. The van der Waals surface area contributed by atoms with Crippen LogP contribution < -0.4 is 15.2 Å². The number of rotatable bonds is 5. The summed E-state index contributed by atoms with van der Waals surface area (Å²) in [5, 5.41) is 3.67. The van der Waals surface area contributed by atoms with Crippen LogP contribution in [0.5, 0.6) is 11.5 Å². The van der Waals surface area contributed by atoms with E-state index in [4.69, 9.17) is 24.5 Å². The molecule has 0 radical (unpaired) electrons. The van der Waals surface area contributed by atoms with Gasteiger partial charge in [0.25, 0.3) is 0 Å². The molecular weight excluding hydrogens is 248 g/mol. The Kier molecular flexibility index (Phi) is 3.91. The summed E-state index contributed by atoms with van der Waals surface area (Å²) in [4.78, 5) is 0. The molecule has 6 nitrogen and oxygen atoms in total. The molecule has 0 saturated carbocycles. The predicted molar refractivity (Wildman–Crippen MR) is 70.2 cm³/mol. The SMILES string of the molecule is COCc1cc(OC)c(-c2cnoc2N)c(OC)c1. The van der Waals surface area contributed by atoms with Gasteiger partial charge in [-0.15, -0.1) is 0 Å². The minimum absolute atomic E-state index is 0.219. The molecule has 0 amide bonds. The van der Waals surface area contributed by atoms with E-state index in [1.54, 1.807) is 21.3 Å². The fraction of sp³-hybridized carbons (Fsp3) is 0.308. The van der Waals surface area contributed by atoms with Crippen LogP contribution in [0, 0.1) is 0 Å². The summed E-state index contributed by atoms with van der Waals surface area (Å²) in [6, 6.07) is 3.74. The maximum atomic E-state index is 5.75. The van der Waals surface area contributed by atoms with Crippen LogP contribution >= 0.6 is 0 Å². The van der Waals surface area contributed by atoms with Crippen molar-refractivity contribution in [3.63, 3.8) is 0 Å². The zero-order valence-corrected chi connectivity index (χ0v) is 11.1. The van der Waals surface area contributed by atoms with Gasteiger partial charge < -0.3 is 24.5 Å². The second-order valence-corrected chi connectivity index (χ2v) is 3.91. The molecule has 0 atom stereocenters. The van der Waals surface area contributed by atoms with Crippen molar-refractivity contribution in [3.8, 4) is 22.6 Å². The maximum absolute atomic E-state index is 5.75. The lowest BCUT2D eigenvalue weighted by Gasteiger charge is -2.14. The van der Waals surface area contributed by atoms with Crippen LogP contribution in [0.2, 0.25) is 0 Å². The van der Waals surface area contributed by atoms with Crippen molar-refractivity contribution >= 4 is 5.88 Å². The standard InChI is InChI=1S/C13H16N2O4/c1-16-7-8-4-10(17-2)12(11(5-8)18-3)9-6-15-19-13(9)14/h4-6H,7,14H2,1-3H3. The number of hydrogen-bond donors (Lipinski definition) is 1. The average Bonchev–Trinajstić information content (AvgIpc) is 2.84. The van der Waals surface area contributed by atoms with Gasteiger partial charge in [-0.25, -0.2) is 0 Å². The Hall–Kier alpha value is -2.21. The first-order valence-electron chi connectivity index (χ1n) is 5.65. The van der Waals surface area contributed by atoms with Crippen LogP contribution in [-0.2, 0) is 11.3 Å². The Morgan fingerprint density at radius 1 is 1.16 bits per heavy atom. The lowest BCUT2D eigenvalue weighted by molar-refractivity contribution is 0.184. The van der Waals surface area contributed by atoms with Crippen molar-refractivity contribution in [2.75, 3.05) is 27.1 Å². The van der Waals surface area contributed by atoms with Gasteiger partial charge >= 0.3 is 0 Å². The van der Waals surface area contributed by atoms with E-state index in [2.05, 4.69) is 5.16 Å². The van der Waals surface area contributed by atoms with Gasteiger partial charge in [-0.05, 0) is 17.7 Å². The van der Waals surface area contributed by atoms with Gasteiger partial charge in [-0.3, -0.25) is 0 Å². The van der Waals surface area contributed by atoms with E-state index in [1.165, 1.54) is 6.20 Å². The summed E-state index contributed by atoms with van der Waals surface area (Å²) >= 11 is 0. The van der Waals surface area contributed by atoms with Crippen molar-refractivity contribution < 1.29 is 18.7 Å². The van der Waals surface area contributed by atoms with Gasteiger partial charge in [-0.1, -0.05) is 5.16 Å². The van der Waals surface area contributed by atoms with Crippen molar-refractivity contribution in [1.82, 2.24) is 5.16 Å². The summed E-state index contributed by atoms with van der Waals surface area (Å²) in [7, 11) is 4.79. The van der Waals surface area contributed by atoms with E-state index in [9.17, 15) is 0 Å². The lowest BCUT2D eigenvalue weighted by Crippen LogP contribution is -1.98. The number of hydrogen-bond acceptors (Lipinski definition) is 6. The predicted octanol–water partition coefficient (Wildman–Crippen LogP) is 2.09. The maximum Gasteiger partial charge on any atom is 0.230 e. The van der Waals surface area contributed by atoms with Gasteiger partial charge in [-0.2, -0.15) is 0 Å². The third kappa shape index (κ3) is 2.48. The molecule has 0 aliphatic heterocycles. The second kappa shape index (κ2) is 5.62. The highest BCUT2D eigenvalue weighted by Crippen LogP contribution is 2.42. The smallest absolute Gasteiger partial charge is 0.230 e. The first-order valence-corrected chi connectivity index (χ1v) is 5.65. The lowest BCUT2D eigenvalue weighted by atomic mass is 10.0. The van der Waals surface area contributed by atoms with Crippen LogP contribution in [0.25, 0.3) is 11.1 Å². The molecule has 0 bridgehead atoms. The molecule has 6 heteroatoms. The molecule has 0 fully saturated rings. The van der Waals surface area contributed by atoms with Crippen LogP contribution in [0.4, 0.5) is 5.88 Å². The van der Waals surface area contributed by atoms with Gasteiger partial charge in [0.1, 0.15) is 11.5 Å². The fourth-order valence-electron chi connectivity index (χ4n) is 1.92. The number of ether oxygens (including phenoxy) is 3. The molecule has 0 saturated heterocycles. The minimum Gasteiger partial charge on any atom is -0.496 e. The fourth-order valence-corrected chi connectivity index (χ4v) is 1.92. The van der Waals surface area contributed by atoms with Crippen molar-refractivity contribution in [3.05, 3.63) is 23.9 Å². The number of methoxy groups -OCH3 is 3. The molecule has 2 rings (SSSR count). The van der Waals surface area contributed by atoms with Crippen LogP contribution in [0.1, 0.15) is 5.56 Å². The molecule has 19 heavy (non-hydrogen) atoms. The van der Waals surface area contributed by atoms with Gasteiger partial charge in [0, 0.05) is 7.11 Å². The van der Waals surface area contributed by atoms with Crippen molar-refractivity contribution in [1.29, 1.82) is 0 Å². The highest BCUT2D eigenvalue weighted by atomic mass is 16.5. The number of nitrogens with two attached hydrogens (primary N) is 1. The zero-order valence-electron chi connectivity index (χ0n) is 11.1. The normalized spacial score (nSPS) is 10.5. The highest BCUT2D eigenvalue weighted by Gasteiger charge is 2.19. The van der Waals surface area contributed by atoms with E-state index in [1.807, 2.05) is 12.1 Å². The van der Waals surface area contributed by atoms with E-state index < -0.39 is 0 Å². The molecule has 1 heterocycles. The number of aromatic nitrogens is 1. The van der Waals surface area contributed by atoms with Gasteiger partial charge in [0.2, 0.25) is 5.88 Å². The Labute approximate surface area is 111 Å². The monoisotopic (exact) mass is 264 g/mol. The summed E-state index contributed by atoms with van der Waals surface area (Å²) in [6.45, 7) is 0.464. The Balaban J connectivity index is 2.61. The number of nitrogen functional groups attached to an aromatic ring is 1. The van der Waals surface area contributed by atoms with E-state index in [-0.39, 0.29) is 5.88 Å². The highest BCUT2D eigenvalue weighted by molar-refractivity contribution is 5.82. The van der Waals surface area contributed by atoms with E-state index in [0.29, 0.717) is 29.2 Å². The van der Waals surface area contributed by atoms with Crippen LogP contribution in [-0.4, -0.2) is 26.5 Å². The quantitative estimate of drug-likeness (QED) is 0.890. The molecule has 1 aromatic carbocycles. The molecule has 0 aliphatic carbocycles. The molecule has 0 aliphatic rings. The molecule has 0 unspecified atom stereocenters. The molecule has 102 valence electrons. The Morgan fingerprint density at radius 2 is 1.79 bits per heavy atom. The summed E-state index contributed by atoms with van der Waals surface area (Å²) in [5.74, 6) is 1.47. The Morgan fingerprint density at radius 3 is 2.21 bits per heavy atom. The van der Waals surface area contributed by atoms with Crippen LogP contribution in [0.15, 0.2) is 22.9 Å². The largest absolute Gasteiger partial charge is 0.496 e. The topological polar surface area (TPSA) is 79.7 Å². The third-order valence-corrected chi connectivity index (χ3v) is 2.74. The zero-order chi connectivity index (χ0) is 13.8. The number of anilines is 1. The number of nitrogens with zero attached hydrogens (tertiary/aromatic N) is 1. The van der Waals surface area contributed by atoms with E-state index >= 15 is 0 Å². The van der Waals surface area contributed by atoms with Gasteiger partial charge in [0.05, 0.1) is 38.2 Å². The molecule has 2 N–H and O–H groups in total. The first-order chi connectivity index (χ1) is 9.21. The Bertz CT molecular complexity index is 541. The molecule has 2 aromatic rings. The molecule has 0 spiro atoms. The molecular formula is C13H16N2O4. The van der Waals surface area contributed by atoms with Crippen molar-refractivity contribution in [2.24, 2.45) is 0 Å². The summed E-state index contributed by atoms with van der Waals surface area (Å²) in [6.07, 6.45) is 1.53. The first kappa shape index (κ1) is 13.2.